The highest BCUT2D eigenvalue weighted by Crippen LogP contribution is 2.36. The summed E-state index contributed by atoms with van der Waals surface area (Å²) < 4.78 is 5.41. The number of nitrogens with two attached hydrogens (primary N) is 1. The molecule has 0 fully saturated rings. The molecule has 5 heteroatoms. The molecule has 0 aliphatic carbocycles. The lowest BCUT2D eigenvalue weighted by Crippen LogP contribution is -2.10. The number of nitrogens with zero attached hydrogens (tertiary/aromatic N) is 2. The Morgan fingerprint density at radius 3 is 2.60 bits per heavy atom. The van der Waals surface area contributed by atoms with Crippen LogP contribution in [0.25, 0.3) is 0 Å². The van der Waals surface area contributed by atoms with Crippen molar-refractivity contribution < 1.29 is 4.74 Å². The van der Waals surface area contributed by atoms with Crippen LogP contribution < -0.4 is 15.4 Å². The highest BCUT2D eigenvalue weighted by atomic mass is 32.1. The molecular weight excluding hydrogens is 270 g/mol. The molecule has 2 aromatic rings. The fraction of sp³-hybridized carbons (Fsp3) is 0.400. The van der Waals surface area contributed by atoms with E-state index in [0.717, 1.165) is 27.1 Å². The van der Waals surface area contributed by atoms with Crippen molar-refractivity contribution in [1.82, 2.24) is 4.98 Å². The van der Waals surface area contributed by atoms with Gasteiger partial charge in [0.25, 0.3) is 0 Å². The molecule has 0 saturated carbocycles. The molecule has 20 heavy (non-hydrogen) atoms. The van der Waals surface area contributed by atoms with Gasteiger partial charge in [-0.2, -0.15) is 0 Å². The summed E-state index contributed by atoms with van der Waals surface area (Å²) >= 11 is 1.64. The Hall–Kier alpha value is -1.59. The van der Waals surface area contributed by atoms with Gasteiger partial charge in [-0.3, -0.25) is 0 Å². The molecule has 108 valence electrons. The number of aromatic nitrogens is 1. The Kier molecular flexibility index (Phi) is 4.62. The van der Waals surface area contributed by atoms with E-state index < -0.39 is 0 Å². The summed E-state index contributed by atoms with van der Waals surface area (Å²) in [5, 5.41) is 0.943. The zero-order valence-electron chi connectivity index (χ0n) is 12.4. The van der Waals surface area contributed by atoms with Crippen LogP contribution in [0, 0.1) is 0 Å². The Bertz CT molecular complexity index is 580. The van der Waals surface area contributed by atoms with Crippen molar-refractivity contribution in [2.75, 3.05) is 19.1 Å². The summed E-state index contributed by atoms with van der Waals surface area (Å²) in [4.78, 5) is 7.94. The minimum absolute atomic E-state index is 0.379. The summed E-state index contributed by atoms with van der Waals surface area (Å²) in [6, 6.07) is 7.93. The van der Waals surface area contributed by atoms with E-state index >= 15 is 0 Å². The molecule has 0 atom stereocenters. The summed E-state index contributed by atoms with van der Waals surface area (Å²) in [6.45, 7) is 4.81. The van der Waals surface area contributed by atoms with E-state index in [9.17, 15) is 0 Å². The van der Waals surface area contributed by atoms with Crippen LogP contribution in [0.15, 0.2) is 24.3 Å². The van der Waals surface area contributed by atoms with Gasteiger partial charge in [0.1, 0.15) is 5.75 Å². The molecule has 0 bridgehead atoms. The lowest BCUT2D eigenvalue weighted by atomic mass is 10.1. The van der Waals surface area contributed by atoms with Gasteiger partial charge < -0.3 is 15.4 Å². The van der Waals surface area contributed by atoms with Crippen LogP contribution >= 0.6 is 11.3 Å². The van der Waals surface area contributed by atoms with Crippen LogP contribution in [-0.2, 0) is 6.54 Å². The highest BCUT2D eigenvalue weighted by Gasteiger charge is 2.18. The topological polar surface area (TPSA) is 51.4 Å². The molecule has 0 spiro atoms. The standard InChI is InChI=1S/C15H21N3OS/c1-10(2)14-13(9-16)20-15(17-14)18(3)11-7-5-6-8-12(11)19-4/h5-8,10H,9,16H2,1-4H3. The molecule has 0 saturated heterocycles. The third kappa shape index (κ3) is 2.78. The SMILES string of the molecule is COc1ccccc1N(C)c1nc(C(C)C)c(CN)s1. The fourth-order valence-electron chi connectivity index (χ4n) is 2.10. The van der Waals surface area contributed by atoms with Gasteiger partial charge in [-0.25, -0.2) is 4.98 Å². The van der Waals surface area contributed by atoms with Crippen LogP contribution in [0.1, 0.15) is 30.3 Å². The van der Waals surface area contributed by atoms with Crippen LogP contribution in [0.3, 0.4) is 0 Å². The van der Waals surface area contributed by atoms with Crippen LogP contribution in [0.2, 0.25) is 0 Å². The number of methoxy groups -OCH3 is 1. The molecule has 0 radical (unpaired) electrons. The normalized spacial score (nSPS) is 10.9. The predicted octanol–water partition coefficient (Wildman–Crippen LogP) is 3.50. The van der Waals surface area contributed by atoms with E-state index in [4.69, 9.17) is 15.5 Å². The second kappa shape index (κ2) is 6.24. The van der Waals surface area contributed by atoms with Gasteiger partial charge in [0.15, 0.2) is 5.13 Å². The number of anilines is 2. The van der Waals surface area contributed by atoms with Crippen molar-refractivity contribution in [3.05, 3.63) is 34.8 Å². The maximum Gasteiger partial charge on any atom is 0.190 e. The molecule has 0 aliphatic heterocycles. The number of para-hydroxylation sites is 2. The average molecular weight is 291 g/mol. The summed E-state index contributed by atoms with van der Waals surface area (Å²) in [5.41, 5.74) is 7.92. The van der Waals surface area contributed by atoms with Gasteiger partial charge in [0.05, 0.1) is 18.5 Å². The van der Waals surface area contributed by atoms with Crippen molar-refractivity contribution in [1.29, 1.82) is 0 Å². The zero-order valence-corrected chi connectivity index (χ0v) is 13.2. The number of hydrogen-bond acceptors (Lipinski definition) is 5. The van der Waals surface area contributed by atoms with Crippen LogP contribution in [0.4, 0.5) is 10.8 Å². The quantitative estimate of drug-likeness (QED) is 0.916. The number of hydrogen-bond donors (Lipinski definition) is 1. The number of thiazole rings is 1. The van der Waals surface area contributed by atoms with Crippen LogP contribution in [0.5, 0.6) is 5.75 Å². The molecule has 0 aliphatic rings. The van der Waals surface area contributed by atoms with Gasteiger partial charge >= 0.3 is 0 Å². The smallest absolute Gasteiger partial charge is 0.190 e. The largest absolute Gasteiger partial charge is 0.495 e. The van der Waals surface area contributed by atoms with E-state index in [1.807, 2.05) is 31.3 Å². The van der Waals surface area contributed by atoms with Gasteiger partial charge in [-0.1, -0.05) is 37.3 Å². The maximum atomic E-state index is 5.82. The first-order valence-corrected chi connectivity index (χ1v) is 7.46. The molecule has 0 amide bonds. The predicted molar refractivity (Wildman–Crippen MR) is 85.2 cm³/mol. The average Bonchev–Trinajstić information content (AvgIpc) is 2.91. The van der Waals surface area contributed by atoms with Gasteiger partial charge in [0.2, 0.25) is 0 Å². The Morgan fingerprint density at radius 1 is 1.35 bits per heavy atom. The molecule has 0 unspecified atom stereocenters. The third-order valence-corrected chi connectivity index (χ3v) is 4.35. The summed E-state index contributed by atoms with van der Waals surface area (Å²) in [7, 11) is 3.68. The second-order valence-electron chi connectivity index (χ2n) is 4.89. The van der Waals surface area contributed by atoms with Gasteiger partial charge in [0, 0.05) is 18.5 Å². The lowest BCUT2D eigenvalue weighted by molar-refractivity contribution is 0.415. The Balaban J connectivity index is 2.40. The van der Waals surface area contributed by atoms with E-state index in [1.165, 1.54) is 0 Å². The summed E-state index contributed by atoms with van der Waals surface area (Å²) in [5.74, 6) is 1.22. The van der Waals surface area contributed by atoms with Crippen LogP contribution in [-0.4, -0.2) is 19.1 Å². The number of benzene rings is 1. The number of ether oxygens (including phenoxy) is 1. The third-order valence-electron chi connectivity index (χ3n) is 3.18. The minimum atomic E-state index is 0.379. The Labute approximate surface area is 124 Å². The molecule has 1 aromatic heterocycles. The van der Waals surface area contributed by atoms with Gasteiger partial charge in [-0.05, 0) is 18.1 Å². The van der Waals surface area contributed by atoms with E-state index in [-0.39, 0.29) is 0 Å². The van der Waals surface area contributed by atoms with Crippen molar-refractivity contribution >= 4 is 22.2 Å². The molecule has 2 rings (SSSR count). The first-order chi connectivity index (χ1) is 9.58. The first-order valence-electron chi connectivity index (χ1n) is 6.64. The molecule has 1 aromatic carbocycles. The zero-order chi connectivity index (χ0) is 14.7. The lowest BCUT2D eigenvalue weighted by Gasteiger charge is -2.18. The highest BCUT2D eigenvalue weighted by molar-refractivity contribution is 7.15. The van der Waals surface area contributed by atoms with Crippen molar-refractivity contribution in [2.45, 2.75) is 26.3 Å². The monoisotopic (exact) mass is 291 g/mol. The second-order valence-corrected chi connectivity index (χ2v) is 5.96. The first kappa shape index (κ1) is 14.8. The fourth-order valence-corrected chi connectivity index (χ4v) is 3.17. The molecule has 1 heterocycles. The molecular formula is C15H21N3OS. The van der Waals surface area contributed by atoms with Crippen molar-refractivity contribution in [2.24, 2.45) is 5.73 Å². The van der Waals surface area contributed by atoms with Gasteiger partial charge in [-0.15, -0.1) is 0 Å². The van der Waals surface area contributed by atoms with E-state index in [0.29, 0.717) is 12.5 Å². The van der Waals surface area contributed by atoms with E-state index in [2.05, 4.69) is 18.7 Å². The molecule has 4 nitrogen and oxygen atoms in total. The maximum absolute atomic E-state index is 5.82. The minimum Gasteiger partial charge on any atom is -0.495 e. The molecule has 2 N–H and O–H groups in total. The van der Waals surface area contributed by atoms with Crippen molar-refractivity contribution in [3.8, 4) is 5.75 Å². The van der Waals surface area contributed by atoms with E-state index in [1.54, 1.807) is 18.4 Å². The summed E-state index contributed by atoms with van der Waals surface area (Å²) in [6.07, 6.45) is 0. The Morgan fingerprint density at radius 2 is 2.05 bits per heavy atom. The van der Waals surface area contributed by atoms with Crippen molar-refractivity contribution in [3.63, 3.8) is 0 Å². The number of rotatable bonds is 5.